The third kappa shape index (κ3) is 5.16. The Morgan fingerprint density at radius 3 is 2.57 bits per heavy atom. The first kappa shape index (κ1) is 19.1. The van der Waals surface area contributed by atoms with Crippen molar-refractivity contribution in [2.75, 3.05) is 6.61 Å². The second-order valence-electron chi connectivity index (χ2n) is 6.32. The van der Waals surface area contributed by atoms with E-state index in [1.54, 1.807) is 10.7 Å². The van der Waals surface area contributed by atoms with Crippen molar-refractivity contribution in [3.63, 3.8) is 0 Å². The molecular weight excluding hydrogens is 358 g/mol. The minimum absolute atomic E-state index is 0.103. The van der Waals surface area contributed by atoms with Gasteiger partial charge in [0.05, 0.1) is 12.7 Å². The lowest BCUT2D eigenvalue weighted by molar-refractivity contribution is -0.123. The van der Waals surface area contributed by atoms with Crippen molar-refractivity contribution in [3.05, 3.63) is 77.1 Å². The molecule has 144 valence electrons. The fourth-order valence-corrected chi connectivity index (χ4v) is 2.43. The minimum Gasteiger partial charge on any atom is -0.484 e. The molecule has 0 saturated heterocycles. The van der Waals surface area contributed by atoms with E-state index in [0.717, 1.165) is 16.7 Å². The quantitative estimate of drug-likeness (QED) is 0.636. The van der Waals surface area contributed by atoms with Crippen LogP contribution in [0.15, 0.2) is 54.7 Å². The lowest BCUT2D eigenvalue weighted by atomic mass is 10.1. The molecule has 0 radical (unpaired) electrons. The molecule has 0 aliphatic rings. The van der Waals surface area contributed by atoms with Gasteiger partial charge in [-0.3, -0.25) is 20.4 Å². The van der Waals surface area contributed by atoms with Gasteiger partial charge in [-0.1, -0.05) is 41.6 Å². The van der Waals surface area contributed by atoms with Crippen molar-refractivity contribution in [2.24, 2.45) is 0 Å². The van der Waals surface area contributed by atoms with E-state index in [1.165, 1.54) is 6.20 Å². The molecule has 0 spiro atoms. The molecule has 3 aromatic rings. The van der Waals surface area contributed by atoms with Crippen molar-refractivity contribution in [2.45, 2.75) is 20.4 Å². The zero-order valence-electron chi connectivity index (χ0n) is 15.7. The van der Waals surface area contributed by atoms with Gasteiger partial charge in [0.15, 0.2) is 12.3 Å². The molecule has 0 aliphatic heterocycles. The monoisotopic (exact) mass is 379 g/mol. The van der Waals surface area contributed by atoms with Crippen LogP contribution in [0.3, 0.4) is 0 Å². The Kier molecular flexibility index (Phi) is 6.01. The SMILES string of the molecule is Cc1ccc(OCC(=O)NNC(=O)c2cn(Cc3ccccc3)nn2)cc1C. The number of hydrazine groups is 1. The summed E-state index contributed by atoms with van der Waals surface area (Å²) in [5.74, 6) is -0.449. The number of nitrogens with zero attached hydrogens (tertiary/aromatic N) is 3. The molecule has 0 bridgehead atoms. The Bertz CT molecular complexity index is 969. The summed E-state index contributed by atoms with van der Waals surface area (Å²) in [5, 5.41) is 7.74. The van der Waals surface area contributed by atoms with Crippen LogP contribution in [0.5, 0.6) is 5.75 Å². The van der Waals surface area contributed by atoms with E-state index in [9.17, 15) is 9.59 Å². The molecule has 3 rings (SSSR count). The highest BCUT2D eigenvalue weighted by molar-refractivity contribution is 5.93. The number of hydrogen-bond acceptors (Lipinski definition) is 5. The molecule has 1 aromatic heterocycles. The van der Waals surface area contributed by atoms with Gasteiger partial charge in [-0.2, -0.15) is 0 Å². The van der Waals surface area contributed by atoms with E-state index in [1.807, 2.05) is 56.3 Å². The smallest absolute Gasteiger partial charge is 0.291 e. The number of amides is 2. The number of ether oxygens (including phenoxy) is 1. The van der Waals surface area contributed by atoms with Gasteiger partial charge in [0.2, 0.25) is 0 Å². The number of aromatic nitrogens is 3. The van der Waals surface area contributed by atoms with E-state index in [0.29, 0.717) is 12.3 Å². The average molecular weight is 379 g/mol. The van der Waals surface area contributed by atoms with Crippen LogP contribution in [0.4, 0.5) is 0 Å². The summed E-state index contributed by atoms with van der Waals surface area (Å²) in [5.41, 5.74) is 7.95. The van der Waals surface area contributed by atoms with E-state index >= 15 is 0 Å². The number of benzene rings is 2. The number of aryl methyl sites for hydroxylation is 2. The predicted octanol–water partition coefficient (Wildman–Crippen LogP) is 1.78. The zero-order chi connectivity index (χ0) is 19.9. The molecule has 0 fully saturated rings. The van der Waals surface area contributed by atoms with Crippen LogP contribution in [0.1, 0.15) is 27.2 Å². The van der Waals surface area contributed by atoms with Crippen LogP contribution in [0, 0.1) is 13.8 Å². The highest BCUT2D eigenvalue weighted by Gasteiger charge is 2.12. The van der Waals surface area contributed by atoms with Crippen LogP contribution in [0.25, 0.3) is 0 Å². The maximum Gasteiger partial charge on any atom is 0.291 e. The Labute approximate surface area is 162 Å². The Morgan fingerprint density at radius 1 is 1.04 bits per heavy atom. The van der Waals surface area contributed by atoms with Gasteiger partial charge in [-0.25, -0.2) is 4.68 Å². The lowest BCUT2D eigenvalue weighted by Gasteiger charge is -2.09. The molecule has 0 unspecified atom stereocenters. The van der Waals surface area contributed by atoms with Gasteiger partial charge in [0.1, 0.15) is 5.75 Å². The maximum absolute atomic E-state index is 12.1. The van der Waals surface area contributed by atoms with Crippen molar-refractivity contribution >= 4 is 11.8 Å². The molecule has 2 aromatic carbocycles. The molecule has 0 atom stereocenters. The molecular formula is C20H21N5O3. The molecule has 2 amide bonds. The minimum atomic E-state index is -0.557. The van der Waals surface area contributed by atoms with Gasteiger partial charge in [0.25, 0.3) is 11.8 Å². The van der Waals surface area contributed by atoms with Crippen LogP contribution in [-0.2, 0) is 11.3 Å². The number of nitrogens with one attached hydrogen (secondary N) is 2. The second kappa shape index (κ2) is 8.81. The number of carbonyl (C=O) groups is 2. The summed E-state index contributed by atoms with van der Waals surface area (Å²) in [6, 6.07) is 15.3. The fourth-order valence-electron chi connectivity index (χ4n) is 2.43. The molecule has 0 saturated carbocycles. The molecule has 8 nitrogen and oxygen atoms in total. The van der Waals surface area contributed by atoms with Crippen LogP contribution >= 0.6 is 0 Å². The van der Waals surface area contributed by atoms with Gasteiger partial charge >= 0.3 is 0 Å². The average Bonchev–Trinajstić information content (AvgIpc) is 3.16. The Morgan fingerprint density at radius 2 is 1.82 bits per heavy atom. The maximum atomic E-state index is 12.1. The number of rotatable bonds is 6. The van der Waals surface area contributed by atoms with Crippen molar-refractivity contribution in [3.8, 4) is 5.75 Å². The van der Waals surface area contributed by atoms with E-state index in [-0.39, 0.29) is 12.3 Å². The third-order valence-corrected chi connectivity index (χ3v) is 4.12. The summed E-state index contributed by atoms with van der Waals surface area (Å²) in [6.07, 6.45) is 1.51. The molecule has 28 heavy (non-hydrogen) atoms. The third-order valence-electron chi connectivity index (χ3n) is 4.12. The first-order valence-electron chi connectivity index (χ1n) is 8.74. The summed E-state index contributed by atoms with van der Waals surface area (Å²) in [7, 11) is 0. The summed E-state index contributed by atoms with van der Waals surface area (Å²) in [4.78, 5) is 23.9. The highest BCUT2D eigenvalue weighted by atomic mass is 16.5. The Hall–Kier alpha value is -3.68. The first-order chi connectivity index (χ1) is 13.5. The van der Waals surface area contributed by atoms with Crippen LogP contribution < -0.4 is 15.6 Å². The van der Waals surface area contributed by atoms with E-state index in [2.05, 4.69) is 21.2 Å². The number of carbonyl (C=O) groups excluding carboxylic acids is 2. The van der Waals surface area contributed by atoms with Gasteiger partial charge in [0, 0.05) is 0 Å². The summed E-state index contributed by atoms with van der Waals surface area (Å²) < 4.78 is 6.97. The zero-order valence-corrected chi connectivity index (χ0v) is 15.7. The van der Waals surface area contributed by atoms with E-state index in [4.69, 9.17) is 4.74 Å². The van der Waals surface area contributed by atoms with E-state index < -0.39 is 11.8 Å². The normalized spacial score (nSPS) is 10.4. The second-order valence-corrected chi connectivity index (χ2v) is 6.32. The van der Waals surface area contributed by atoms with Crippen LogP contribution in [0.2, 0.25) is 0 Å². The van der Waals surface area contributed by atoms with Gasteiger partial charge in [-0.05, 0) is 42.7 Å². The molecule has 0 aliphatic carbocycles. The topological polar surface area (TPSA) is 98.1 Å². The first-order valence-corrected chi connectivity index (χ1v) is 8.74. The van der Waals surface area contributed by atoms with Crippen molar-refractivity contribution in [1.82, 2.24) is 25.8 Å². The fraction of sp³-hybridized carbons (Fsp3) is 0.200. The standard InChI is InChI=1S/C20H21N5O3/c1-14-8-9-17(10-15(14)2)28-13-19(26)22-23-20(27)18-12-25(24-21-18)11-16-6-4-3-5-7-16/h3-10,12H,11,13H2,1-2H3,(H,22,26)(H,23,27). The predicted molar refractivity (Wildman–Crippen MR) is 103 cm³/mol. The Balaban J connectivity index is 1.45. The van der Waals surface area contributed by atoms with Crippen LogP contribution in [-0.4, -0.2) is 33.4 Å². The van der Waals surface area contributed by atoms with Crippen molar-refractivity contribution < 1.29 is 14.3 Å². The molecule has 2 N–H and O–H groups in total. The molecule has 8 heteroatoms. The number of hydrogen-bond donors (Lipinski definition) is 2. The highest BCUT2D eigenvalue weighted by Crippen LogP contribution is 2.16. The molecule has 1 heterocycles. The van der Waals surface area contributed by atoms with Crippen molar-refractivity contribution in [1.29, 1.82) is 0 Å². The summed E-state index contributed by atoms with van der Waals surface area (Å²) >= 11 is 0. The largest absolute Gasteiger partial charge is 0.484 e. The van der Waals surface area contributed by atoms with Gasteiger partial charge in [-0.15, -0.1) is 5.10 Å². The summed E-state index contributed by atoms with van der Waals surface area (Å²) in [6.45, 7) is 4.24. The van der Waals surface area contributed by atoms with Gasteiger partial charge < -0.3 is 4.74 Å². The lowest BCUT2D eigenvalue weighted by Crippen LogP contribution is -2.44.